The van der Waals surface area contributed by atoms with E-state index in [1.54, 1.807) is 30.3 Å². The van der Waals surface area contributed by atoms with Crippen LogP contribution in [0.15, 0.2) is 83.8 Å². The standard InChI is InChI=1S/C25H21FN2O4S/c26-21-6-1-2-7-23(21)28-33(31,32)17-12-13-22-20(14-17)18-4-3-5-19(18)24(27-22)15-8-10-16(11-9-15)25(29)30/h1-4,6-14,18-19,24,27-28H,5H2,(H,29,30)/t18-,19+,24+/m1/s1. The van der Waals surface area contributed by atoms with Crippen LogP contribution >= 0.6 is 0 Å². The zero-order chi connectivity index (χ0) is 23.2. The Morgan fingerprint density at radius 3 is 2.55 bits per heavy atom. The number of halogens is 1. The van der Waals surface area contributed by atoms with Gasteiger partial charge in [-0.2, -0.15) is 0 Å². The van der Waals surface area contributed by atoms with E-state index in [2.05, 4.69) is 22.2 Å². The van der Waals surface area contributed by atoms with Crippen molar-refractivity contribution in [3.63, 3.8) is 0 Å². The van der Waals surface area contributed by atoms with Crippen molar-refractivity contribution in [1.29, 1.82) is 0 Å². The number of sulfonamides is 1. The molecule has 3 N–H and O–H groups in total. The monoisotopic (exact) mass is 464 g/mol. The molecule has 5 rings (SSSR count). The van der Waals surface area contributed by atoms with Crippen LogP contribution < -0.4 is 10.0 Å². The largest absolute Gasteiger partial charge is 0.478 e. The molecule has 3 aromatic rings. The average molecular weight is 465 g/mol. The van der Waals surface area contributed by atoms with Crippen LogP contribution in [-0.2, 0) is 10.0 Å². The molecule has 0 spiro atoms. The molecule has 0 fully saturated rings. The summed E-state index contributed by atoms with van der Waals surface area (Å²) in [5.41, 5.74) is 2.79. The second-order valence-electron chi connectivity index (χ2n) is 8.24. The summed E-state index contributed by atoms with van der Waals surface area (Å²) in [6.45, 7) is 0. The van der Waals surface area contributed by atoms with Crippen LogP contribution in [0.5, 0.6) is 0 Å². The van der Waals surface area contributed by atoms with E-state index in [1.165, 1.54) is 24.3 Å². The molecule has 1 aliphatic heterocycles. The lowest BCUT2D eigenvalue weighted by molar-refractivity contribution is 0.0697. The quantitative estimate of drug-likeness (QED) is 0.454. The van der Waals surface area contributed by atoms with Crippen LogP contribution in [0.3, 0.4) is 0 Å². The highest BCUT2D eigenvalue weighted by atomic mass is 32.2. The average Bonchev–Trinajstić information content (AvgIpc) is 3.30. The van der Waals surface area contributed by atoms with Gasteiger partial charge in [-0.15, -0.1) is 0 Å². The fourth-order valence-corrected chi connectivity index (χ4v) is 5.75. The second-order valence-corrected chi connectivity index (χ2v) is 9.92. The minimum absolute atomic E-state index is 0.00834. The van der Waals surface area contributed by atoms with Crippen LogP contribution in [0.25, 0.3) is 0 Å². The number of hydrogen-bond acceptors (Lipinski definition) is 4. The highest BCUT2D eigenvalue weighted by molar-refractivity contribution is 7.92. The first-order chi connectivity index (χ1) is 15.8. The summed E-state index contributed by atoms with van der Waals surface area (Å²) in [6, 6.07) is 17.3. The van der Waals surface area contributed by atoms with Crippen LogP contribution in [0.4, 0.5) is 15.8 Å². The third kappa shape index (κ3) is 3.87. The summed E-state index contributed by atoms with van der Waals surface area (Å²) in [5.74, 6) is -1.45. The van der Waals surface area contributed by atoms with Gasteiger partial charge < -0.3 is 10.4 Å². The van der Waals surface area contributed by atoms with Gasteiger partial charge >= 0.3 is 5.97 Å². The lowest BCUT2D eigenvalue weighted by Gasteiger charge is -2.37. The number of carbonyl (C=O) groups is 1. The number of allylic oxidation sites excluding steroid dienone is 2. The first kappa shape index (κ1) is 21.2. The van der Waals surface area contributed by atoms with E-state index >= 15 is 0 Å². The summed E-state index contributed by atoms with van der Waals surface area (Å²) >= 11 is 0. The molecule has 1 aliphatic carbocycles. The van der Waals surface area contributed by atoms with Crippen molar-refractivity contribution in [2.24, 2.45) is 5.92 Å². The Hall–Kier alpha value is -3.65. The summed E-state index contributed by atoms with van der Waals surface area (Å²) < 4.78 is 42.2. The van der Waals surface area contributed by atoms with Gasteiger partial charge in [0, 0.05) is 11.6 Å². The normalized spacial score (nSPS) is 21.1. The SMILES string of the molecule is O=C(O)c1ccc([C@@H]2Nc3ccc(S(=O)(=O)Nc4ccccc4F)cc3[C@@H]3C=CC[C@@H]32)cc1. The number of carboxylic acid groups (broad SMARTS) is 1. The van der Waals surface area contributed by atoms with Gasteiger partial charge in [0.15, 0.2) is 0 Å². The number of nitrogens with one attached hydrogen (secondary N) is 2. The zero-order valence-electron chi connectivity index (χ0n) is 17.4. The van der Waals surface area contributed by atoms with Crippen molar-refractivity contribution >= 4 is 27.4 Å². The van der Waals surface area contributed by atoms with Crippen molar-refractivity contribution in [2.75, 3.05) is 10.0 Å². The lowest BCUT2D eigenvalue weighted by Crippen LogP contribution is -2.29. The Kier molecular flexibility index (Phi) is 5.17. The van der Waals surface area contributed by atoms with Crippen LogP contribution in [0, 0.1) is 11.7 Å². The smallest absolute Gasteiger partial charge is 0.335 e. The zero-order valence-corrected chi connectivity index (χ0v) is 18.2. The molecule has 0 radical (unpaired) electrons. The second kappa shape index (κ2) is 8.04. The summed E-state index contributed by atoms with van der Waals surface area (Å²) in [6.07, 6.45) is 4.99. The molecular formula is C25H21FN2O4S. The number of fused-ring (bicyclic) bond motifs is 3. The Balaban J connectivity index is 1.47. The maximum atomic E-state index is 14.0. The fraction of sp³-hybridized carbons (Fsp3) is 0.160. The van der Waals surface area contributed by atoms with Gasteiger partial charge in [0.2, 0.25) is 0 Å². The fourth-order valence-electron chi connectivity index (χ4n) is 4.65. The predicted molar refractivity (Wildman–Crippen MR) is 123 cm³/mol. The van der Waals surface area contributed by atoms with Crippen LogP contribution in [0.1, 0.15) is 39.9 Å². The third-order valence-electron chi connectivity index (χ3n) is 6.28. The van der Waals surface area contributed by atoms with Gasteiger partial charge in [0.25, 0.3) is 10.0 Å². The highest BCUT2D eigenvalue weighted by Gasteiger charge is 2.38. The van der Waals surface area contributed by atoms with E-state index in [0.717, 1.165) is 23.2 Å². The molecule has 0 saturated heterocycles. The number of benzene rings is 3. The predicted octanol–water partition coefficient (Wildman–Crippen LogP) is 5.15. The van der Waals surface area contributed by atoms with E-state index in [0.29, 0.717) is 0 Å². The summed E-state index contributed by atoms with van der Waals surface area (Å²) in [5, 5.41) is 12.7. The number of rotatable bonds is 5. The van der Waals surface area contributed by atoms with E-state index < -0.39 is 21.8 Å². The Morgan fingerprint density at radius 1 is 1.06 bits per heavy atom. The van der Waals surface area contributed by atoms with E-state index in [9.17, 15) is 17.6 Å². The molecule has 0 aromatic heterocycles. The van der Waals surface area contributed by atoms with Gasteiger partial charge in [-0.05, 0) is 65.9 Å². The molecule has 2 aliphatic rings. The molecule has 0 saturated carbocycles. The van der Waals surface area contributed by atoms with E-state index in [4.69, 9.17) is 5.11 Å². The molecule has 0 unspecified atom stereocenters. The molecule has 0 bridgehead atoms. The number of anilines is 2. The van der Waals surface area contributed by atoms with Crippen LogP contribution in [-0.4, -0.2) is 19.5 Å². The topological polar surface area (TPSA) is 95.5 Å². The van der Waals surface area contributed by atoms with Gasteiger partial charge in [-0.1, -0.05) is 36.4 Å². The molecule has 3 aromatic carbocycles. The minimum Gasteiger partial charge on any atom is -0.478 e. The van der Waals surface area contributed by atoms with E-state index in [1.807, 2.05) is 12.1 Å². The molecule has 3 atom stereocenters. The Bertz CT molecular complexity index is 1370. The number of para-hydroxylation sites is 1. The maximum absolute atomic E-state index is 14.0. The van der Waals surface area contributed by atoms with Gasteiger partial charge in [0.05, 0.1) is 22.2 Å². The summed E-state index contributed by atoms with van der Waals surface area (Å²) in [7, 11) is -3.97. The van der Waals surface area contributed by atoms with Crippen molar-refractivity contribution < 1.29 is 22.7 Å². The first-order valence-corrected chi connectivity index (χ1v) is 12.0. The molecule has 0 amide bonds. The number of carboxylic acids is 1. The van der Waals surface area contributed by atoms with Crippen molar-refractivity contribution in [2.45, 2.75) is 23.3 Å². The van der Waals surface area contributed by atoms with Gasteiger partial charge in [-0.25, -0.2) is 17.6 Å². The van der Waals surface area contributed by atoms with Crippen molar-refractivity contribution in [1.82, 2.24) is 0 Å². The summed E-state index contributed by atoms with van der Waals surface area (Å²) in [4.78, 5) is 11.2. The molecule has 168 valence electrons. The highest BCUT2D eigenvalue weighted by Crippen LogP contribution is 2.50. The molecular weight excluding hydrogens is 443 g/mol. The Labute approximate surface area is 190 Å². The van der Waals surface area contributed by atoms with Crippen molar-refractivity contribution in [3.05, 3.63) is 101 Å². The number of hydrogen-bond donors (Lipinski definition) is 3. The molecule has 33 heavy (non-hydrogen) atoms. The minimum atomic E-state index is -3.97. The number of aromatic carboxylic acids is 1. The van der Waals surface area contributed by atoms with E-state index in [-0.39, 0.29) is 34.0 Å². The molecule has 8 heteroatoms. The van der Waals surface area contributed by atoms with Gasteiger partial charge in [-0.3, -0.25) is 4.72 Å². The van der Waals surface area contributed by atoms with Gasteiger partial charge in [0.1, 0.15) is 5.82 Å². The Morgan fingerprint density at radius 2 is 1.82 bits per heavy atom. The molecule has 1 heterocycles. The van der Waals surface area contributed by atoms with Crippen molar-refractivity contribution in [3.8, 4) is 0 Å². The maximum Gasteiger partial charge on any atom is 0.335 e. The first-order valence-electron chi connectivity index (χ1n) is 10.5. The van der Waals surface area contributed by atoms with Crippen LogP contribution in [0.2, 0.25) is 0 Å². The molecule has 6 nitrogen and oxygen atoms in total. The third-order valence-corrected chi connectivity index (χ3v) is 7.64. The lowest BCUT2D eigenvalue weighted by atomic mass is 9.77.